The summed E-state index contributed by atoms with van der Waals surface area (Å²) in [4.78, 5) is 0. The van der Waals surface area contributed by atoms with Gasteiger partial charge in [0.2, 0.25) is 0 Å². The third kappa shape index (κ3) is 2.90. The average molecular weight is 231 g/mol. The molecule has 2 unspecified atom stereocenters. The molecule has 0 aromatic heterocycles. The van der Waals surface area contributed by atoms with Crippen LogP contribution in [0.1, 0.15) is 48.3 Å². The van der Waals surface area contributed by atoms with E-state index in [2.05, 4.69) is 44.4 Å². The molecule has 1 fully saturated rings. The minimum atomic E-state index is 0.774. The fraction of sp³-hybridized carbons (Fsp3) is 0.625. The van der Waals surface area contributed by atoms with Gasteiger partial charge in [-0.15, -0.1) is 0 Å². The summed E-state index contributed by atoms with van der Waals surface area (Å²) < 4.78 is 0. The normalized spacial score (nSPS) is 24.9. The molecule has 0 amide bonds. The van der Waals surface area contributed by atoms with E-state index >= 15 is 0 Å². The summed E-state index contributed by atoms with van der Waals surface area (Å²) in [7, 11) is 2.08. The van der Waals surface area contributed by atoms with Crippen LogP contribution in [0.15, 0.2) is 18.2 Å². The number of hydrogen-bond acceptors (Lipinski definition) is 1. The Morgan fingerprint density at radius 3 is 2.59 bits per heavy atom. The highest BCUT2D eigenvalue weighted by Gasteiger charge is 2.25. The van der Waals surface area contributed by atoms with Gasteiger partial charge in [-0.25, -0.2) is 0 Å². The maximum Gasteiger partial charge on any atom is -0.00177 e. The molecule has 0 radical (unpaired) electrons. The van der Waals surface area contributed by atoms with Crippen molar-refractivity contribution in [2.24, 2.45) is 5.92 Å². The predicted octanol–water partition coefficient (Wildman–Crippen LogP) is 3.80. The van der Waals surface area contributed by atoms with Crippen LogP contribution in [0.4, 0.5) is 0 Å². The minimum Gasteiger partial charge on any atom is -0.319 e. The highest BCUT2D eigenvalue weighted by Crippen LogP contribution is 2.37. The second-order valence-electron chi connectivity index (χ2n) is 5.55. The van der Waals surface area contributed by atoms with Gasteiger partial charge in [-0.1, -0.05) is 31.0 Å². The van der Waals surface area contributed by atoms with Gasteiger partial charge in [0.25, 0.3) is 0 Å². The summed E-state index contributed by atoms with van der Waals surface area (Å²) in [5.41, 5.74) is 4.42. The molecule has 0 bridgehead atoms. The largest absolute Gasteiger partial charge is 0.319 e. The Hall–Kier alpha value is -0.820. The number of nitrogens with one attached hydrogen (secondary N) is 1. The van der Waals surface area contributed by atoms with Crippen molar-refractivity contribution in [1.29, 1.82) is 0 Å². The predicted molar refractivity (Wildman–Crippen MR) is 74.5 cm³/mol. The molecule has 0 saturated heterocycles. The first-order valence-corrected chi connectivity index (χ1v) is 6.94. The van der Waals surface area contributed by atoms with Gasteiger partial charge in [0, 0.05) is 0 Å². The first-order chi connectivity index (χ1) is 8.22. The Labute approximate surface area is 106 Å². The second kappa shape index (κ2) is 5.68. The van der Waals surface area contributed by atoms with Crippen molar-refractivity contribution in [3.8, 4) is 0 Å². The van der Waals surface area contributed by atoms with E-state index in [4.69, 9.17) is 0 Å². The maximum absolute atomic E-state index is 3.36. The topological polar surface area (TPSA) is 12.0 Å². The van der Waals surface area contributed by atoms with Gasteiger partial charge in [0.15, 0.2) is 0 Å². The molecule has 1 N–H and O–H groups in total. The van der Waals surface area contributed by atoms with Gasteiger partial charge in [-0.2, -0.15) is 0 Å². The monoisotopic (exact) mass is 231 g/mol. The van der Waals surface area contributed by atoms with E-state index < -0.39 is 0 Å². The van der Waals surface area contributed by atoms with E-state index in [1.807, 2.05) is 0 Å². The van der Waals surface area contributed by atoms with Crippen molar-refractivity contribution >= 4 is 0 Å². The lowest BCUT2D eigenvalue weighted by Gasteiger charge is -2.32. The minimum absolute atomic E-state index is 0.774. The highest BCUT2D eigenvalue weighted by molar-refractivity contribution is 5.32. The molecule has 1 aliphatic rings. The highest BCUT2D eigenvalue weighted by atomic mass is 14.8. The van der Waals surface area contributed by atoms with Crippen LogP contribution in [0.3, 0.4) is 0 Å². The number of rotatable bonds is 3. The van der Waals surface area contributed by atoms with E-state index in [1.54, 1.807) is 5.56 Å². The van der Waals surface area contributed by atoms with Crippen LogP contribution in [0.5, 0.6) is 0 Å². The summed E-state index contributed by atoms with van der Waals surface area (Å²) >= 11 is 0. The third-order valence-corrected chi connectivity index (χ3v) is 4.33. The lowest BCUT2D eigenvalue weighted by Crippen LogP contribution is -2.27. The van der Waals surface area contributed by atoms with Crippen molar-refractivity contribution in [3.05, 3.63) is 34.9 Å². The van der Waals surface area contributed by atoms with Crippen molar-refractivity contribution in [2.45, 2.75) is 45.4 Å². The van der Waals surface area contributed by atoms with Crippen LogP contribution >= 0.6 is 0 Å². The molecular weight excluding hydrogens is 206 g/mol. The molecule has 1 heteroatoms. The van der Waals surface area contributed by atoms with Gasteiger partial charge >= 0.3 is 0 Å². The van der Waals surface area contributed by atoms with Crippen LogP contribution < -0.4 is 5.32 Å². The molecule has 94 valence electrons. The molecule has 1 nitrogen and oxygen atoms in total. The van der Waals surface area contributed by atoms with Crippen molar-refractivity contribution in [3.63, 3.8) is 0 Å². The van der Waals surface area contributed by atoms with Crippen molar-refractivity contribution in [2.75, 3.05) is 13.6 Å². The lowest BCUT2D eigenvalue weighted by molar-refractivity contribution is 0.301. The zero-order chi connectivity index (χ0) is 12.3. The van der Waals surface area contributed by atoms with Crippen LogP contribution in [-0.4, -0.2) is 13.6 Å². The van der Waals surface area contributed by atoms with Gasteiger partial charge in [0.05, 0.1) is 0 Å². The zero-order valence-electron chi connectivity index (χ0n) is 11.4. The van der Waals surface area contributed by atoms with E-state index in [-0.39, 0.29) is 0 Å². The van der Waals surface area contributed by atoms with Crippen LogP contribution in [0, 0.1) is 19.8 Å². The third-order valence-electron chi connectivity index (χ3n) is 4.33. The average Bonchev–Trinajstić information content (AvgIpc) is 2.34. The standard InChI is InChI=1S/C16H25N/c1-12-8-9-14(10-13(12)2)16-7-5-4-6-15(16)11-17-3/h8-10,15-17H,4-7,11H2,1-3H3. The molecular formula is C16H25N. The Kier molecular flexibility index (Phi) is 4.22. The summed E-state index contributed by atoms with van der Waals surface area (Å²) in [5.74, 6) is 1.60. The molecule has 1 aliphatic carbocycles. The zero-order valence-corrected chi connectivity index (χ0v) is 11.4. The molecule has 17 heavy (non-hydrogen) atoms. The van der Waals surface area contributed by atoms with Gasteiger partial charge in [-0.3, -0.25) is 0 Å². The molecule has 1 aromatic rings. The smallest absolute Gasteiger partial charge is 0.00177 e. The van der Waals surface area contributed by atoms with Crippen molar-refractivity contribution in [1.82, 2.24) is 5.32 Å². The number of benzene rings is 1. The van der Waals surface area contributed by atoms with E-state index in [0.717, 1.165) is 18.4 Å². The van der Waals surface area contributed by atoms with E-state index in [1.165, 1.54) is 36.8 Å². The molecule has 2 atom stereocenters. The fourth-order valence-corrected chi connectivity index (χ4v) is 3.15. The lowest BCUT2D eigenvalue weighted by atomic mass is 9.75. The molecule has 0 heterocycles. The summed E-state index contributed by atoms with van der Waals surface area (Å²) in [5, 5.41) is 3.36. The molecule has 0 aliphatic heterocycles. The quantitative estimate of drug-likeness (QED) is 0.834. The SMILES string of the molecule is CNCC1CCCCC1c1ccc(C)c(C)c1. The van der Waals surface area contributed by atoms with Gasteiger partial charge in [-0.05, 0) is 68.8 Å². The number of hydrogen-bond donors (Lipinski definition) is 1. The maximum atomic E-state index is 3.36. The first kappa shape index (κ1) is 12.6. The summed E-state index contributed by atoms with van der Waals surface area (Å²) in [6.45, 7) is 5.59. The van der Waals surface area contributed by atoms with E-state index in [9.17, 15) is 0 Å². The van der Waals surface area contributed by atoms with Crippen LogP contribution in [0.25, 0.3) is 0 Å². The van der Waals surface area contributed by atoms with Crippen LogP contribution in [0.2, 0.25) is 0 Å². The first-order valence-electron chi connectivity index (χ1n) is 6.94. The van der Waals surface area contributed by atoms with Gasteiger partial charge < -0.3 is 5.32 Å². The molecule has 0 spiro atoms. The van der Waals surface area contributed by atoms with E-state index in [0.29, 0.717) is 0 Å². The Balaban J connectivity index is 2.20. The molecule has 1 saturated carbocycles. The Morgan fingerprint density at radius 2 is 1.88 bits per heavy atom. The molecule has 2 rings (SSSR count). The van der Waals surface area contributed by atoms with Crippen LogP contribution in [-0.2, 0) is 0 Å². The summed E-state index contributed by atoms with van der Waals surface area (Å²) in [6, 6.07) is 7.05. The second-order valence-corrected chi connectivity index (χ2v) is 5.55. The molecule has 1 aromatic carbocycles. The summed E-state index contributed by atoms with van der Waals surface area (Å²) in [6.07, 6.45) is 5.57. The Morgan fingerprint density at radius 1 is 1.12 bits per heavy atom. The number of aryl methyl sites for hydroxylation is 2. The Bertz CT molecular complexity index is 368. The fourth-order valence-electron chi connectivity index (χ4n) is 3.15. The van der Waals surface area contributed by atoms with Crippen molar-refractivity contribution < 1.29 is 0 Å². The van der Waals surface area contributed by atoms with Gasteiger partial charge in [0.1, 0.15) is 0 Å².